The Morgan fingerprint density at radius 2 is 2.17 bits per heavy atom. The molecule has 0 spiro atoms. The van der Waals surface area contributed by atoms with Gasteiger partial charge >= 0.3 is 0 Å². The Labute approximate surface area is 136 Å². The van der Waals surface area contributed by atoms with E-state index in [0.29, 0.717) is 23.7 Å². The number of aromatic nitrogens is 2. The van der Waals surface area contributed by atoms with Crippen LogP contribution < -0.4 is 5.32 Å². The molecule has 5 nitrogen and oxygen atoms in total. The summed E-state index contributed by atoms with van der Waals surface area (Å²) in [5, 5.41) is 7.09. The molecule has 1 unspecified atom stereocenters. The van der Waals surface area contributed by atoms with Gasteiger partial charge in [0.1, 0.15) is 11.5 Å². The van der Waals surface area contributed by atoms with Crippen LogP contribution in [0.25, 0.3) is 5.69 Å². The van der Waals surface area contributed by atoms with Crippen molar-refractivity contribution in [3.63, 3.8) is 0 Å². The van der Waals surface area contributed by atoms with Crippen molar-refractivity contribution in [1.29, 1.82) is 0 Å². The summed E-state index contributed by atoms with van der Waals surface area (Å²) in [7, 11) is -0.955. The fraction of sp³-hybridized carbons (Fsp3) is 0.375. The number of rotatable bonds is 5. The van der Waals surface area contributed by atoms with Crippen molar-refractivity contribution >= 4 is 16.7 Å². The van der Waals surface area contributed by atoms with Gasteiger partial charge in [0.15, 0.2) is 5.69 Å². The number of carbonyl (C=O) groups excluding carboxylic acids is 1. The van der Waals surface area contributed by atoms with Gasteiger partial charge in [0.05, 0.1) is 0 Å². The topological polar surface area (TPSA) is 64.0 Å². The molecule has 7 heteroatoms. The van der Waals surface area contributed by atoms with Crippen molar-refractivity contribution in [1.82, 2.24) is 15.1 Å². The summed E-state index contributed by atoms with van der Waals surface area (Å²) in [6, 6.07) is 6.41. The first-order valence-electron chi connectivity index (χ1n) is 7.52. The number of para-hydroxylation sites is 1. The highest BCUT2D eigenvalue weighted by Crippen LogP contribution is 2.28. The number of halogens is 1. The molecule has 0 fully saturated rings. The van der Waals surface area contributed by atoms with E-state index in [-0.39, 0.29) is 11.7 Å². The summed E-state index contributed by atoms with van der Waals surface area (Å²) in [5.74, 6) is -0.246. The molecular weight excluding hydrogens is 317 g/mol. The lowest BCUT2D eigenvalue weighted by Crippen LogP contribution is -2.28. The lowest BCUT2D eigenvalue weighted by atomic mass is 10.2. The minimum atomic E-state index is -0.955. The predicted octanol–water partition coefficient (Wildman–Crippen LogP) is 1.61. The van der Waals surface area contributed by atoms with E-state index in [9.17, 15) is 13.4 Å². The van der Waals surface area contributed by atoms with Gasteiger partial charge in [-0.2, -0.15) is 5.10 Å². The smallest absolute Gasteiger partial charge is 0.272 e. The molecule has 0 bridgehead atoms. The maximum atomic E-state index is 14.1. The summed E-state index contributed by atoms with van der Waals surface area (Å²) < 4.78 is 26.7. The van der Waals surface area contributed by atoms with Crippen LogP contribution in [0.1, 0.15) is 28.2 Å². The number of hydrogen-bond acceptors (Lipinski definition) is 3. The number of nitrogens with one attached hydrogen (secondary N) is 1. The second-order valence-corrected chi connectivity index (χ2v) is 7.08. The molecule has 0 saturated heterocycles. The zero-order valence-electron chi connectivity index (χ0n) is 12.8. The Morgan fingerprint density at radius 1 is 1.39 bits per heavy atom. The molecule has 1 N–H and O–H groups in total. The van der Waals surface area contributed by atoms with Gasteiger partial charge in [0.25, 0.3) is 5.91 Å². The average molecular weight is 335 g/mol. The zero-order valence-corrected chi connectivity index (χ0v) is 13.7. The van der Waals surface area contributed by atoms with Crippen LogP contribution >= 0.6 is 0 Å². The standard InChI is InChI=1S/C16H18FN3O2S/c1-23(22)10-9-18-16(21)15-11-5-4-8-13(11)20(19-15)14-7-3-2-6-12(14)17/h2-3,6-7H,4-5,8-10H2,1H3,(H,18,21). The van der Waals surface area contributed by atoms with Gasteiger partial charge in [-0.25, -0.2) is 9.07 Å². The second kappa shape index (κ2) is 6.62. The monoisotopic (exact) mass is 335 g/mol. The maximum absolute atomic E-state index is 14.1. The summed E-state index contributed by atoms with van der Waals surface area (Å²) in [4.78, 5) is 12.3. The van der Waals surface area contributed by atoms with Crippen molar-refractivity contribution in [2.75, 3.05) is 18.6 Å². The number of hydrogen-bond donors (Lipinski definition) is 1. The Kier molecular flexibility index (Phi) is 4.56. The van der Waals surface area contributed by atoms with Crippen molar-refractivity contribution in [2.45, 2.75) is 19.3 Å². The molecule has 0 radical (unpaired) electrons. The van der Waals surface area contributed by atoms with Crippen molar-refractivity contribution in [3.05, 3.63) is 47.0 Å². The molecule has 1 aromatic heterocycles. The van der Waals surface area contributed by atoms with E-state index in [1.165, 1.54) is 6.07 Å². The van der Waals surface area contributed by atoms with Crippen LogP contribution in [0.3, 0.4) is 0 Å². The van der Waals surface area contributed by atoms with Gasteiger partial charge < -0.3 is 5.32 Å². The molecule has 1 heterocycles. The molecule has 1 aliphatic rings. The Hall–Kier alpha value is -2.02. The fourth-order valence-corrected chi connectivity index (χ4v) is 3.22. The lowest BCUT2D eigenvalue weighted by molar-refractivity contribution is 0.0950. The molecule has 3 rings (SSSR count). The largest absolute Gasteiger partial charge is 0.350 e. The third-order valence-electron chi connectivity index (χ3n) is 3.90. The quantitative estimate of drug-likeness (QED) is 0.903. The van der Waals surface area contributed by atoms with Gasteiger partial charge in [0.2, 0.25) is 0 Å². The second-order valence-electron chi connectivity index (χ2n) is 5.52. The molecule has 1 atom stereocenters. The van der Waals surface area contributed by atoms with Crippen LogP contribution in [0.2, 0.25) is 0 Å². The Bertz CT molecular complexity index is 773. The summed E-state index contributed by atoms with van der Waals surface area (Å²) in [6.07, 6.45) is 4.08. The normalized spacial score (nSPS) is 14.5. The molecule has 1 amide bonds. The molecule has 122 valence electrons. The van der Waals surface area contributed by atoms with E-state index >= 15 is 0 Å². The number of carbonyl (C=O) groups is 1. The van der Waals surface area contributed by atoms with Crippen LogP contribution in [-0.4, -0.2) is 38.4 Å². The number of amides is 1. The Morgan fingerprint density at radius 3 is 2.91 bits per heavy atom. The van der Waals surface area contributed by atoms with Crippen LogP contribution in [0.15, 0.2) is 24.3 Å². The van der Waals surface area contributed by atoms with Gasteiger partial charge in [-0.1, -0.05) is 12.1 Å². The first-order chi connectivity index (χ1) is 11.1. The lowest BCUT2D eigenvalue weighted by Gasteiger charge is -2.06. The average Bonchev–Trinajstić information content (AvgIpc) is 3.09. The minimum absolute atomic E-state index is 0.288. The zero-order chi connectivity index (χ0) is 16.4. The van der Waals surface area contributed by atoms with Gasteiger partial charge in [-0.15, -0.1) is 0 Å². The molecule has 1 aromatic carbocycles. The van der Waals surface area contributed by atoms with Crippen LogP contribution in [0.4, 0.5) is 4.39 Å². The first-order valence-corrected chi connectivity index (χ1v) is 9.24. The van der Waals surface area contributed by atoms with Crippen molar-refractivity contribution < 1.29 is 13.4 Å². The fourth-order valence-electron chi connectivity index (χ4n) is 2.83. The maximum Gasteiger partial charge on any atom is 0.272 e. The third-order valence-corrected chi connectivity index (χ3v) is 4.68. The molecule has 0 saturated carbocycles. The van der Waals surface area contributed by atoms with E-state index < -0.39 is 10.8 Å². The predicted molar refractivity (Wildman–Crippen MR) is 86.8 cm³/mol. The van der Waals surface area contributed by atoms with E-state index in [2.05, 4.69) is 10.4 Å². The van der Waals surface area contributed by atoms with E-state index in [0.717, 1.165) is 30.5 Å². The highest BCUT2D eigenvalue weighted by atomic mass is 32.2. The number of nitrogens with zero attached hydrogens (tertiary/aromatic N) is 2. The minimum Gasteiger partial charge on any atom is -0.350 e. The summed E-state index contributed by atoms with van der Waals surface area (Å²) >= 11 is 0. The van der Waals surface area contributed by atoms with E-state index in [4.69, 9.17) is 0 Å². The molecule has 2 aromatic rings. The SMILES string of the molecule is CS(=O)CCNC(=O)c1nn(-c2ccccc2F)c2c1CCC2. The van der Waals surface area contributed by atoms with E-state index in [1.54, 1.807) is 29.1 Å². The molecular formula is C16H18FN3O2S. The number of benzene rings is 1. The van der Waals surface area contributed by atoms with Crippen molar-refractivity contribution in [2.24, 2.45) is 0 Å². The van der Waals surface area contributed by atoms with Crippen LogP contribution in [0.5, 0.6) is 0 Å². The molecule has 23 heavy (non-hydrogen) atoms. The van der Waals surface area contributed by atoms with Crippen molar-refractivity contribution in [3.8, 4) is 5.69 Å². The third kappa shape index (κ3) is 3.19. The Balaban J connectivity index is 1.91. The van der Waals surface area contributed by atoms with Crippen LogP contribution in [-0.2, 0) is 23.6 Å². The molecule has 0 aliphatic heterocycles. The van der Waals surface area contributed by atoms with Crippen LogP contribution in [0, 0.1) is 5.82 Å². The van der Waals surface area contributed by atoms with Gasteiger partial charge in [-0.05, 0) is 31.4 Å². The first kappa shape index (κ1) is 15.9. The molecule has 1 aliphatic carbocycles. The number of fused-ring (bicyclic) bond motifs is 1. The van der Waals surface area contributed by atoms with Gasteiger partial charge in [-0.3, -0.25) is 9.00 Å². The summed E-state index contributed by atoms with van der Waals surface area (Å²) in [5.41, 5.74) is 2.50. The summed E-state index contributed by atoms with van der Waals surface area (Å²) in [6.45, 7) is 0.337. The van der Waals surface area contributed by atoms with Gasteiger partial charge in [0, 0.05) is 40.6 Å². The van der Waals surface area contributed by atoms with E-state index in [1.807, 2.05) is 0 Å². The highest BCUT2D eigenvalue weighted by Gasteiger charge is 2.27. The highest BCUT2D eigenvalue weighted by molar-refractivity contribution is 7.84.